The molecule has 2 aromatic carbocycles. The average molecular weight is 437 g/mol. The summed E-state index contributed by atoms with van der Waals surface area (Å²) in [5.74, 6) is 0. The van der Waals surface area contributed by atoms with Crippen LogP contribution in [0.2, 0.25) is 0 Å². The fourth-order valence-electron chi connectivity index (χ4n) is 5.33. The summed E-state index contributed by atoms with van der Waals surface area (Å²) in [7, 11) is 8.45. The number of nitrogens with zero attached hydrogens (tertiary/aromatic N) is 3. The van der Waals surface area contributed by atoms with Gasteiger partial charge in [-0.2, -0.15) is 0 Å². The number of benzene rings is 3. The van der Waals surface area contributed by atoms with Crippen molar-refractivity contribution in [1.29, 1.82) is 5.41 Å². The van der Waals surface area contributed by atoms with Gasteiger partial charge in [-0.05, 0) is 62.2 Å². The molecule has 0 saturated carbocycles. The maximum atomic E-state index is 8.31. The molecule has 2 aliphatic heterocycles. The van der Waals surface area contributed by atoms with E-state index in [9.17, 15) is 0 Å². The molecule has 0 atom stereocenters. The van der Waals surface area contributed by atoms with Crippen LogP contribution >= 0.6 is 0 Å². The van der Waals surface area contributed by atoms with Crippen molar-refractivity contribution in [3.05, 3.63) is 71.6 Å². The number of fused-ring (bicyclic) bond motifs is 4. The lowest BCUT2D eigenvalue weighted by atomic mass is 9.85. The summed E-state index contributed by atoms with van der Waals surface area (Å²) < 4.78 is 2.28. The van der Waals surface area contributed by atoms with Gasteiger partial charge in [0.15, 0.2) is 0 Å². The number of hydrogen-bond acceptors (Lipinski definition) is 3. The number of hydrogen-bond donors (Lipinski definition) is 1. The molecule has 0 amide bonds. The summed E-state index contributed by atoms with van der Waals surface area (Å²) in [4.78, 5) is 4.49. The predicted molar refractivity (Wildman–Crippen MR) is 141 cm³/mol. The highest BCUT2D eigenvalue weighted by atomic mass is 15.2. The van der Waals surface area contributed by atoms with Gasteiger partial charge < -0.3 is 19.8 Å². The van der Waals surface area contributed by atoms with Crippen LogP contribution in [0.25, 0.3) is 38.9 Å². The highest BCUT2D eigenvalue weighted by molar-refractivity contribution is 6.09. The molecule has 2 heterocycles. The zero-order chi connectivity index (χ0) is 23.7. The first kappa shape index (κ1) is 21.3. The lowest BCUT2D eigenvalue weighted by molar-refractivity contribution is 0.598. The van der Waals surface area contributed by atoms with Crippen molar-refractivity contribution < 1.29 is 0 Å². The van der Waals surface area contributed by atoms with Gasteiger partial charge >= 0.3 is 0 Å². The van der Waals surface area contributed by atoms with Gasteiger partial charge in [-0.15, -0.1) is 0 Å². The summed E-state index contributed by atoms with van der Waals surface area (Å²) in [5, 5.41) is 10.1. The van der Waals surface area contributed by atoms with E-state index in [4.69, 9.17) is 5.41 Å². The predicted octanol–water partition coefficient (Wildman–Crippen LogP) is 6.13. The van der Waals surface area contributed by atoms with E-state index in [1.165, 1.54) is 50.1 Å². The van der Waals surface area contributed by atoms with E-state index in [0.29, 0.717) is 5.36 Å². The van der Waals surface area contributed by atoms with Gasteiger partial charge in [-0.25, -0.2) is 0 Å². The summed E-state index contributed by atoms with van der Waals surface area (Å²) in [6.45, 7) is 6.74. The molecule has 33 heavy (non-hydrogen) atoms. The van der Waals surface area contributed by atoms with Crippen LogP contribution in [0.4, 0.5) is 11.4 Å². The minimum atomic E-state index is -0.0423. The summed E-state index contributed by atoms with van der Waals surface area (Å²) in [5.41, 5.74) is 10.9. The Balaban J connectivity index is 1.94. The van der Waals surface area contributed by atoms with Crippen LogP contribution in [-0.4, -0.2) is 31.2 Å². The fourth-order valence-corrected chi connectivity index (χ4v) is 5.33. The normalized spacial score (nSPS) is 15.0. The van der Waals surface area contributed by atoms with Crippen LogP contribution in [0.15, 0.2) is 60.7 Å². The number of aryl methyl sites for hydroxylation is 1. The van der Waals surface area contributed by atoms with Crippen molar-refractivity contribution in [1.82, 2.24) is 4.57 Å². The maximum absolute atomic E-state index is 8.31. The first-order chi connectivity index (χ1) is 15.6. The minimum absolute atomic E-state index is 0.0423. The highest BCUT2D eigenvalue weighted by Crippen LogP contribution is 2.47. The second kappa shape index (κ2) is 7.24. The molecule has 0 bridgehead atoms. The Morgan fingerprint density at radius 2 is 1.58 bits per heavy atom. The minimum Gasteiger partial charge on any atom is -0.378 e. The van der Waals surface area contributed by atoms with Crippen LogP contribution in [0.1, 0.15) is 26.3 Å². The molecule has 1 aliphatic carbocycles. The van der Waals surface area contributed by atoms with Gasteiger partial charge in [0.25, 0.3) is 0 Å². The molecular formula is C29H32N4. The van der Waals surface area contributed by atoms with E-state index in [0.717, 1.165) is 5.69 Å². The van der Waals surface area contributed by atoms with Gasteiger partial charge in [0, 0.05) is 61.6 Å². The quantitative estimate of drug-likeness (QED) is 0.384. The summed E-state index contributed by atoms with van der Waals surface area (Å²) in [6, 6.07) is 19.3. The number of anilines is 2. The Morgan fingerprint density at radius 3 is 2.24 bits per heavy atom. The van der Waals surface area contributed by atoms with Gasteiger partial charge in [-0.1, -0.05) is 30.3 Å². The number of rotatable bonds is 2. The van der Waals surface area contributed by atoms with E-state index in [2.05, 4.69) is 112 Å². The molecule has 0 spiro atoms. The summed E-state index contributed by atoms with van der Waals surface area (Å²) >= 11 is 0. The van der Waals surface area contributed by atoms with Crippen LogP contribution < -0.4 is 15.2 Å². The Labute approximate surface area is 196 Å². The van der Waals surface area contributed by atoms with E-state index in [1.807, 2.05) is 12.1 Å². The SMILES string of the molecule is CC1=CC(C)(C)N(C)c2ccc3c(-c4ccc(N(C)C)cc4)c4ccc(=N)cc-4n(C)c3c21. The monoisotopic (exact) mass is 436 g/mol. The van der Waals surface area contributed by atoms with E-state index < -0.39 is 0 Å². The maximum Gasteiger partial charge on any atom is 0.0585 e. The van der Waals surface area contributed by atoms with Gasteiger partial charge in [0.1, 0.15) is 0 Å². The van der Waals surface area contributed by atoms with Crippen LogP contribution in [0, 0.1) is 5.41 Å². The first-order valence-corrected chi connectivity index (χ1v) is 11.5. The Bertz CT molecular complexity index is 1450. The van der Waals surface area contributed by atoms with E-state index in [-0.39, 0.29) is 5.54 Å². The Hall–Kier alpha value is -3.53. The smallest absolute Gasteiger partial charge is 0.0585 e. The second-order valence-electron chi connectivity index (χ2n) is 10.0. The molecule has 0 radical (unpaired) electrons. The zero-order valence-electron chi connectivity index (χ0n) is 20.6. The third-order valence-corrected chi connectivity index (χ3v) is 7.25. The third-order valence-electron chi connectivity index (χ3n) is 7.25. The molecule has 0 aromatic heterocycles. The van der Waals surface area contributed by atoms with Crippen molar-refractivity contribution in [2.75, 3.05) is 30.9 Å². The molecule has 0 saturated heterocycles. The standard InChI is InChI=1S/C29H32N4/c1-18-17-29(2,3)33(7)24-15-14-23-27(19-8-11-21(12-9-19)31(4)5)22-13-10-20(30)16-25(22)32(6)28(23)26(18)24/h8-17,30H,1-7H3. The number of pyridine rings is 1. The lowest BCUT2D eigenvalue weighted by Crippen LogP contribution is -2.42. The molecule has 0 unspecified atom stereocenters. The third kappa shape index (κ3) is 3.16. The number of nitrogens with one attached hydrogen (secondary N) is 1. The van der Waals surface area contributed by atoms with Crippen LogP contribution in [0.5, 0.6) is 0 Å². The fraction of sp³-hybridized carbons (Fsp3) is 0.276. The van der Waals surface area contributed by atoms with Crippen molar-refractivity contribution in [3.63, 3.8) is 0 Å². The molecular weight excluding hydrogens is 404 g/mol. The topological polar surface area (TPSA) is 35.3 Å². The zero-order valence-corrected chi connectivity index (χ0v) is 20.6. The van der Waals surface area contributed by atoms with E-state index in [1.54, 1.807) is 0 Å². The second-order valence-corrected chi connectivity index (χ2v) is 10.0. The van der Waals surface area contributed by atoms with Gasteiger partial charge in [-0.3, -0.25) is 0 Å². The van der Waals surface area contributed by atoms with Crippen molar-refractivity contribution in [2.24, 2.45) is 7.05 Å². The molecule has 5 rings (SSSR count). The van der Waals surface area contributed by atoms with Crippen molar-refractivity contribution >= 4 is 27.9 Å². The van der Waals surface area contributed by atoms with Gasteiger partial charge in [0.05, 0.1) is 22.1 Å². The van der Waals surface area contributed by atoms with E-state index >= 15 is 0 Å². The van der Waals surface area contributed by atoms with Gasteiger partial charge in [0.2, 0.25) is 0 Å². The van der Waals surface area contributed by atoms with Crippen molar-refractivity contribution in [3.8, 4) is 22.4 Å². The molecule has 3 aliphatic rings. The Morgan fingerprint density at radius 1 is 0.879 bits per heavy atom. The molecule has 1 N–H and O–H groups in total. The molecule has 168 valence electrons. The van der Waals surface area contributed by atoms with Crippen molar-refractivity contribution in [2.45, 2.75) is 26.3 Å². The summed E-state index contributed by atoms with van der Waals surface area (Å²) in [6.07, 6.45) is 2.37. The van der Waals surface area contributed by atoms with Crippen LogP contribution in [0.3, 0.4) is 0 Å². The van der Waals surface area contributed by atoms with Crippen LogP contribution in [-0.2, 0) is 7.05 Å². The Kier molecular flexibility index (Phi) is 4.68. The molecule has 0 fully saturated rings. The average Bonchev–Trinajstić information content (AvgIpc) is 2.77. The number of aromatic nitrogens is 1. The molecule has 2 aromatic rings. The number of likely N-dealkylation sites (N-methyl/N-ethyl adjacent to an activating group) is 1. The molecule has 4 nitrogen and oxygen atoms in total. The lowest BCUT2D eigenvalue weighted by Gasteiger charge is -2.41. The highest BCUT2D eigenvalue weighted by Gasteiger charge is 2.31. The first-order valence-electron chi connectivity index (χ1n) is 11.5. The molecule has 4 heteroatoms. The number of allylic oxidation sites excluding steroid dienone is 1. The largest absolute Gasteiger partial charge is 0.378 e.